The molecule has 112 valence electrons. The minimum Gasteiger partial charge on any atom is -0.436 e. The predicted octanol–water partition coefficient (Wildman–Crippen LogP) is 5.70. The third-order valence-electron chi connectivity index (χ3n) is 2.43. The van der Waals surface area contributed by atoms with Crippen LogP contribution in [0.1, 0.15) is 13.3 Å². The molecule has 0 bridgehead atoms. The summed E-state index contributed by atoms with van der Waals surface area (Å²) in [6, 6.07) is 3.00. The van der Waals surface area contributed by atoms with Gasteiger partial charge >= 0.3 is 0 Å². The Hall–Kier alpha value is -0.940. The summed E-state index contributed by atoms with van der Waals surface area (Å²) in [5, 5.41) is 4.28. The van der Waals surface area contributed by atoms with E-state index in [1.807, 2.05) is 6.92 Å². The average Bonchev–Trinajstić information content (AvgIpc) is 2.45. The van der Waals surface area contributed by atoms with E-state index in [9.17, 15) is 0 Å². The average molecular weight is 367 g/mol. The fourth-order valence-electron chi connectivity index (χ4n) is 1.43. The highest BCUT2D eigenvalue weighted by molar-refractivity contribution is 6.43. The standard InChI is InChI=1S/C13H11Cl4N3O/c1-2-3-18-13-19-6-10(17)12(20-13)21-11-5-8(15)7(14)4-9(11)16/h4-6H,2-3H2,1H3,(H,18,19,20). The van der Waals surface area contributed by atoms with E-state index >= 15 is 0 Å². The van der Waals surface area contributed by atoms with Crippen LogP contribution in [0.3, 0.4) is 0 Å². The lowest BCUT2D eigenvalue weighted by atomic mass is 10.3. The molecule has 0 spiro atoms. The first-order valence-electron chi connectivity index (χ1n) is 6.10. The van der Waals surface area contributed by atoms with Crippen molar-refractivity contribution in [2.75, 3.05) is 11.9 Å². The molecule has 1 N–H and O–H groups in total. The van der Waals surface area contributed by atoms with Crippen LogP contribution in [-0.4, -0.2) is 16.5 Å². The summed E-state index contributed by atoms with van der Waals surface area (Å²) in [7, 11) is 0. The number of hydrogen-bond acceptors (Lipinski definition) is 4. The predicted molar refractivity (Wildman–Crippen MR) is 87.4 cm³/mol. The first-order chi connectivity index (χ1) is 10.0. The topological polar surface area (TPSA) is 47.0 Å². The maximum atomic E-state index is 6.06. The van der Waals surface area contributed by atoms with Crippen molar-refractivity contribution in [2.24, 2.45) is 0 Å². The normalized spacial score (nSPS) is 10.5. The Kier molecular flexibility index (Phi) is 5.76. The molecule has 0 saturated carbocycles. The number of anilines is 1. The Morgan fingerprint density at radius 1 is 1.05 bits per heavy atom. The molecule has 0 radical (unpaired) electrons. The zero-order valence-corrected chi connectivity index (χ0v) is 14.0. The van der Waals surface area contributed by atoms with Gasteiger partial charge < -0.3 is 10.1 Å². The summed E-state index contributed by atoms with van der Waals surface area (Å²) in [5.41, 5.74) is 0. The highest BCUT2D eigenvalue weighted by Gasteiger charge is 2.12. The van der Waals surface area contributed by atoms with Crippen LogP contribution in [0.15, 0.2) is 18.3 Å². The molecular formula is C13H11Cl4N3O. The van der Waals surface area contributed by atoms with Gasteiger partial charge in [-0.1, -0.05) is 53.3 Å². The van der Waals surface area contributed by atoms with Gasteiger partial charge in [0.05, 0.1) is 21.3 Å². The van der Waals surface area contributed by atoms with Crippen molar-refractivity contribution in [3.8, 4) is 11.6 Å². The van der Waals surface area contributed by atoms with E-state index in [1.165, 1.54) is 18.3 Å². The number of benzene rings is 1. The quantitative estimate of drug-likeness (QED) is 0.689. The largest absolute Gasteiger partial charge is 0.436 e. The molecule has 0 saturated heterocycles. The lowest BCUT2D eigenvalue weighted by Gasteiger charge is -2.10. The van der Waals surface area contributed by atoms with Gasteiger partial charge in [0.25, 0.3) is 0 Å². The van der Waals surface area contributed by atoms with Crippen LogP contribution < -0.4 is 10.1 Å². The van der Waals surface area contributed by atoms with Crippen molar-refractivity contribution in [3.05, 3.63) is 38.4 Å². The molecule has 0 fully saturated rings. The molecule has 8 heteroatoms. The molecular weight excluding hydrogens is 356 g/mol. The number of hydrogen-bond donors (Lipinski definition) is 1. The molecule has 1 aromatic carbocycles. The fourth-order valence-corrected chi connectivity index (χ4v) is 2.14. The van der Waals surface area contributed by atoms with Gasteiger partial charge in [-0.15, -0.1) is 0 Å². The van der Waals surface area contributed by atoms with E-state index < -0.39 is 0 Å². The van der Waals surface area contributed by atoms with E-state index in [1.54, 1.807) is 0 Å². The second-order valence-corrected chi connectivity index (χ2v) is 5.70. The zero-order chi connectivity index (χ0) is 15.4. The minimum atomic E-state index is 0.186. The van der Waals surface area contributed by atoms with Crippen LogP contribution in [0.2, 0.25) is 20.1 Å². The van der Waals surface area contributed by atoms with E-state index in [0.29, 0.717) is 26.8 Å². The van der Waals surface area contributed by atoms with Crippen molar-refractivity contribution in [1.29, 1.82) is 0 Å². The fraction of sp³-hybridized carbons (Fsp3) is 0.231. The van der Waals surface area contributed by atoms with Crippen molar-refractivity contribution >= 4 is 52.4 Å². The molecule has 2 aromatic rings. The van der Waals surface area contributed by atoms with Gasteiger partial charge in [0, 0.05) is 12.6 Å². The van der Waals surface area contributed by atoms with Crippen LogP contribution in [0, 0.1) is 0 Å². The van der Waals surface area contributed by atoms with Crippen molar-refractivity contribution in [3.63, 3.8) is 0 Å². The maximum Gasteiger partial charge on any atom is 0.243 e. The molecule has 0 unspecified atom stereocenters. The van der Waals surface area contributed by atoms with Gasteiger partial charge in [0.2, 0.25) is 11.8 Å². The Morgan fingerprint density at radius 2 is 1.76 bits per heavy atom. The molecule has 0 aliphatic carbocycles. The second kappa shape index (κ2) is 7.36. The van der Waals surface area contributed by atoms with Gasteiger partial charge in [0.1, 0.15) is 10.8 Å². The SMILES string of the molecule is CCCNc1ncc(Cl)c(Oc2cc(Cl)c(Cl)cc2Cl)n1. The van der Waals surface area contributed by atoms with Crippen molar-refractivity contribution < 1.29 is 4.74 Å². The summed E-state index contributed by atoms with van der Waals surface area (Å²) in [6.07, 6.45) is 2.40. The summed E-state index contributed by atoms with van der Waals surface area (Å²) in [4.78, 5) is 8.25. The number of halogens is 4. The summed E-state index contributed by atoms with van der Waals surface area (Å²) >= 11 is 23.9. The lowest BCUT2D eigenvalue weighted by Crippen LogP contribution is -2.05. The number of ether oxygens (including phenoxy) is 1. The lowest BCUT2D eigenvalue weighted by molar-refractivity contribution is 0.463. The van der Waals surface area contributed by atoms with Crippen LogP contribution >= 0.6 is 46.4 Å². The molecule has 0 aliphatic rings. The van der Waals surface area contributed by atoms with Crippen LogP contribution in [0.5, 0.6) is 11.6 Å². The molecule has 1 heterocycles. The van der Waals surface area contributed by atoms with Crippen LogP contribution in [0.25, 0.3) is 0 Å². The second-order valence-electron chi connectivity index (χ2n) is 4.07. The van der Waals surface area contributed by atoms with Gasteiger partial charge in [-0.2, -0.15) is 4.98 Å². The smallest absolute Gasteiger partial charge is 0.243 e. The number of aromatic nitrogens is 2. The Morgan fingerprint density at radius 3 is 2.48 bits per heavy atom. The summed E-state index contributed by atoms with van der Waals surface area (Å²) in [5.74, 6) is 0.922. The first-order valence-corrected chi connectivity index (χ1v) is 7.61. The number of nitrogens with one attached hydrogen (secondary N) is 1. The third-order valence-corrected chi connectivity index (χ3v) is 3.70. The Labute approximate surface area is 142 Å². The Bertz CT molecular complexity index is 652. The van der Waals surface area contributed by atoms with Gasteiger partial charge in [-0.3, -0.25) is 0 Å². The van der Waals surface area contributed by atoms with E-state index in [2.05, 4.69) is 15.3 Å². The van der Waals surface area contributed by atoms with Crippen LogP contribution in [-0.2, 0) is 0 Å². The number of rotatable bonds is 5. The molecule has 2 rings (SSSR count). The monoisotopic (exact) mass is 365 g/mol. The van der Waals surface area contributed by atoms with Crippen molar-refractivity contribution in [1.82, 2.24) is 9.97 Å². The number of nitrogens with zero attached hydrogens (tertiary/aromatic N) is 2. The minimum absolute atomic E-state index is 0.186. The highest BCUT2D eigenvalue weighted by atomic mass is 35.5. The van der Waals surface area contributed by atoms with E-state index in [-0.39, 0.29) is 10.9 Å². The van der Waals surface area contributed by atoms with Gasteiger partial charge in [-0.05, 0) is 12.5 Å². The van der Waals surface area contributed by atoms with Gasteiger partial charge in [0.15, 0.2) is 0 Å². The summed E-state index contributed by atoms with van der Waals surface area (Å²) in [6.45, 7) is 2.78. The van der Waals surface area contributed by atoms with E-state index in [0.717, 1.165) is 13.0 Å². The zero-order valence-electron chi connectivity index (χ0n) is 11.0. The highest BCUT2D eigenvalue weighted by Crippen LogP contribution is 2.37. The molecule has 1 aromatic heterocycles. The molecule has 0 atom stereocenters. The maximum absolute atomic E-state index is 6.06. The summed E-state index contributed by atoms with van der Waals surface area (Å²) < 4.78 is 5.60. The molecule has 21 heavy (non-hydrogen) atoms. The molecule has 0 aliphatic heterocycles. The third kappa shape index (κ3) is 4.27. The Balaban J connectivity index is 2.28. The van der Waals surface area contributed by atoms with Crippen molar-refractivity contribution in [2.45, 2.75) is 13.3 Å². The van der Waals surface area contributed by atoms with Crippen LogP contribution in [0.4, 0.5) is 5.95 Å². The van der Waals surface area contributed by atoms with Gasteiger partial charge in [-0.25, -0.2) is 4.98 Å². The molecule has 4 nitrogen and oxygen atoms in total. The van der Waals surface area contributed by atoms with E-state index in [4.69, 9.17) is 51.1 Å². The first kappa shape index (κ1) is 16.4. The molecule has 0 amide bonds.